The Bertz CT molecular complexity index is 664. The molecule has 1 atom stereocenters. The van der Waals surface area contributed by atoms with Crippen LogP contribution in [0.15, 0.2) is 36.5 Å². The van der Waals surface area contributed by atoms with Crippen LogP contribution in [0.5, 0.6) is 0 Å². The highest BCUT2D eigenvalue weighted by molar-refractivity contribution is 7.11. The van der Waals surface area contributed by atoms with Gasteiger partial charge < -0.3 is 15.3 Å². The van der Waals surface area contributed by atoms with Gasteiger partial charge in [0, 0.05) is 17.6 Å². The fourth-order valence-electron chi connectivity index (χ4n) is 2.38. The molecule has 0 aliphatic heterocycles. The molecule has 130 valence electrons. The van der Waals surface area contributed by atoms with Gasteiger partial charge in [-0.15, -0.1) is 11.3 Å². The SMILES string of the molecule is Cc1cnc(C(C)NC(=O)N(Cc2ccccc2)CC(C)(C)O)s1. The van der Waals surface area contributed by atoms with E-state index in [9.17, 15) is 9.90 Å². The maximum Gasteiger partial charge on any atom is 0.318 e. The molecule has 0 radical (unpaired) electrons. The molecule has 5 nitrogen and oxygen atoms in total. The number of aromatic nitrogens is 1. The number of aliphatic hydroxyl groups is 1. The van der Waals surface area contributed by atoms with Crippen LogP contribution in [0.1, 0.15) is 42.3 Å². The number of thiazole rings is 1. The number of benzene rings is 1. The zero-order valence-electron chi connectivity index (χ0n) is 14.6. The lowest BCUT2D eigenvalue weighted by molar-refractivity contribution is 0.0443. The molecule has 2 amide bonds. The number of carbonyl (C=O) groups is 1. The first-order valence-electron chi connectivity index (χ1n) is 7.99. The van der Waals surface area contributed by atoms with Crippen molar-refractivity contribution in [2.24, 2.45) is 0 Å². The molecule has 0 spiro atoms. The highest BCUT2D eigenvalue weighted by atomic mass is 32.1. The van der Waals surface area contributed by atoms with E-state index in [2.05, 4.69) is 10.3 Å². The van der Waals surface area contributed by atoms with E-state index < -0.39 is 5.60 Å². The predicted molar refractivity (Wildman–Crippen MR) is 96.9 cm³/mol. The molecule has 0 fully saturated rings. The Kier molecular flexibility index (Phi) is 5.96. The van der Waals surface area contributed by atoms with E-state index in [1.165, 1.54) is 0 Å². The summed E-state index contributed by atoms with van der Waals surface area (Å²) in [5, 5.41) is 14.0. The maximum atomic E-state index is 12.7. The molecule has 2 aromatic rings. The first-order valence-corrected chi connectivity index (χ1v) is 8.80. The number of urea groups is 1. The van der Waals surface area contributed by atoms with Crippen molar-refractivity contribution in [3.05, 3.63) is 52.0 Å². The molecule has 6 heteroatoms. The second-order valence-electron chi connectivity index (χ2n) is 6.63. The number of nitrogens with zero attached hydrogens (tertiary/aromatic N) is 2. The summed E-state index contributed by atoms with van der Waals surface area (Å²) in [6, 6.07) is 9.39. The Labute approximate surface area is 147 Å². The topological polar surface area (TPSA) is 65.5 Å². The highest BCUT2D eigenvalue weighted by Crippen LogP contribution is 2.20. The number of nitrogens with one attached hydrogen (secondary N) is 1. The molecule has 2 N–H and O–H groups in total. The van der Waals surface area contributed by atoms with E-state index in [-0.39, 0.29) is 18.6 Å². The molecular weight excluding hydrogens is 322 g/mol. The van der Waals surface area contributed by atoms with Gasteiger partial charge >= 0.3 is 6.03 Å². The van der Waals surface area contributed by atoms with Crippen LogP contribution in [-0.4, -0.2) is 33.2 Å². The van der Waals surface area contributed by atoms with Gasteiger partial charge in [-0.2, -0.15) is 0 Å². The Balaban J connectivity index is 2.08. The van der Waals surface area contributed by atoms with Gasteiger partial charge in [0.2, 0.25) is 0 Å². The van der Waals surface area contributed by atoms with Crippen molar-refractivity contribution in [3.63, 3.8) is 0 Å². The molecule has 0 aliphatic carbocycles. The third-order valence-corrected chi connectivity index (χ3v) is 4.53. The van der Waals surface area contributed by atoms with Crippen LogP contribution >= 0.6 is 11.3 Å². The number of rotatable bonds is 6. The molecule has 2 rings (SSSR count). The van der Waals surface area contributed by atoms with Crippen LogP contribution in [0.3, 0.4) is 0 Å². The van der Waals surface area contributed by atoms with Crippen LogP contribution in [0.25, 0.3) is 0 Å². The van der Waals surface area contributed by atoms with Crippen molar-refractivity contribution in [3.8, 4) is 0 Å². The fraction of sp³-hybridized carbons (Fsp3) is 0.444. The Morgan fingerprint density at radius 2 is 2.04 bits per heavy atom. The second-order valence-corrected chi connectivity index (χ2v) is 7.90. The van der Waals surface area contributed by atoms with Gasteiger partial charge in [-0.05, 0) is 33.3 Å². The van der Waals surface area contributed by atoms with Crippen LogP contribution in [0.2, 0.25) is 0 Å². The zero-order chi connectivity index (χ0) is 17.7. The molecule has 1 aromatic heterocycles. The first kappa shape index (κ1) is 18.4. The van der Waals surface area contributed by atoms with Crippen molar-refractivity contribution in [1.82, 2.24) is 15.2 Å². The van der Waals surface area contributed by atoms with Gasteiger partial charge in [0.25, 0.3) is 0 Å². The minimum absolute atomic E-state index is 0.170. The number of hydrogen-bond donors (Lipinski definition) is 2. The van der Waals surface area contributed by atoms with Crippen LogP contribution in [0.4, 0.5) is 4.79 Å². The average molecular weight is 347 g/mol. The van der Waals surface area contributed by atoms with Gasteiger partial charge in [0.1, 0.15) is 5.01 Å². The molecule has 1 unspecified atom stereocenters. The predicted octanol–water partition coefficient (Wildman–Crippen LogP) is 3.50. The smallest absolute Gasteiger partial charge is 0.318 e. The number of amides is 2. The monoisotopic (exact) mass is 347 g/mol. The van der Waals surface area contributed by atoms with E-state index in [1.807, 2.05) is 44.2 Å². The minimum Gasteiger partial charge on any atom is -0.389 e. The molecule has 0 bridgehead atoms. The van der Waals surface area contributed by atoms with Gasteiger partial charge in [-0.1, -0.05) is 30.3 Å². The number of aryl methyl sites for hydroxylation is 1. The van der Waals surface area contributed by atoms with Crippen LogP contribution < -0.4 is 5.32 Å². The lowest BCUT2D eigenvalue weighted by Gasteiger charge is -2.30. The second kappa shape index (κ2) is 7.77. The molecule has 0 saturated carbocycles. The van der Waals surface area contributed by atoms with Gasteiger partial charge in [0.15, 0.2) is 0 Å². The summed E-state index contributed by atoms with van der Waals surface area (Å²) in [6.45, 7) is 8.00. The molecule has 1 aromatic carbocycles. The third kappa shape index (κ3) is 5.62. The summed E-state index contributed by atoms with van der Waals surface area (Å²) in [4.78, 5) is 19.8. The van der Waals surface area contributed by atoms with E-state index in [0.717, 1.165) is 15.4 Å². The number of carbonyl (C=O) groups excluding carboxylic acids is 1. The molecule has 0 saturated heterocycles. The highest BCUT2D eigenvalue weighted by Gasteiger charge is 2.24. The Morgan fingerprint density at radius 1 is 1.38 bits per heavy atom. The van der Waals surface area contributed by atoms with Crippen molar-refractivity contribution in [2.45, 2.75) is 45.9 Å². The van der Waals surface area contributed by atoms with Crippen molar-refractivity contribution in [2.75, 3.05) is 6.54 Å². The van der Waals surface area contributed by atoms with Gasteiger partial charge in [0.05, 0.1) is 18.2 Å². The van der Waals surface area contributed by atoms with Crippen molar-refractivity contribution >= 4 is 17.4 Å². The molecular formula is C18H25N3O2S. The summed E-state index contributed by atoms with van der Waals surface area (Å²) < 4.78 is 0. The zero-order valence-corrected chi connectivity index (χ0v) is 15.4. The Morgan fingerprint density at radius 3 is 2.58 bits per heavy atom. The normalized spacial score (nSPS) is 12.7. The van der Waals surface area contributed by atoms with Crippen molar-refractivity contribution in [1.29, 1.82) is 0 Å². The molecule has 1 heterocycles. The van der Waals surface area contributed by atoms with Crippen LogP contribution in [-0.2, 0) is 6.54 Å². The van der Waals surface area contributed by atoms with E-state index in [1.54, 1.807) is 36.3 Å². The van der Waals surface area contributed by atoms with Crippen molar-refractivity contribution < 1.29 is 9.90 Å². The summed E-state index contributed by atoms with van der Waals surface area (Å²) >= 11 is 1.57. The molecule has 24 heavy (non-hydrogen) atoms. The molecule has 0 aliphatic rings. The number of hydrogen-bond acceptors (Lipinski definition) is 4. The largest absolute Gasteiger partial charge is 0.389 e. The average Bonchev–Trinajstić information content (AvgIpc) is 2.93. The third-order valence-electron chi connectivity index (χ3n) is 3.43. The standard InChI is InChI=1S/C18H25N3O2S/c1-13-10-19-16(24-13)14(2)20-17(22)21(12-18(3,4)23)11-15-8-6-5-7-9-15/h5-10,14,23H,11-12H2,1-4H3,(H,20,22). The van der Waals surface area contributed by atoms with E-state index in [0.29, 0.717) is 6.54 Å². The van der Waals surface area contributed by atoms with E-state index >= 15 is 0 Å². The summed E-state index contributed by atoms with van der Waals surface area (Å²) in [7, 11) is 0. The van der Waals surface area contributed by atoms with Gasteiger partial charge in [-0.25, -0.2) is 9.78 Å². The lowest BCUT2D eigenvalue weighted by Crippen LogP contribution is -2.47. The minimum atomic E-state index is -0.965. The summed E-state index contributed by atoms with van der Waals surface area (Å²) in [6.07, 6.45) is 1.81. The van der Waals surface area contributed by atoms with E-state index in [4.69, 9.17) is 0 Å². The van der Waals surface area contributed by atoms with Crippen LogP contribution in [0, 0.1) is 6.92 Å². The van der Waals surface area contributed by atoms with Gasteiger partial charge in [-0.3, -0.25) is 0 Å². The maximum absolute atomic E-state index is 12.7. The summed E-state index contributed by atoms with van der Waals surface area (Å²) in [5.41, 5.74) is 0.0577. The first-order chi connectivity index (χ1) is 11.2. The summed E-state index contributed by atoms with van der Waals surface area (Å²) in [5.74, 6) is 0. The lowest BCUT2D eigenvalue weighted by atomic mass is 10.1. The fourth-order valence-corrected chi connectivity index (χ4v) is 3.16. The Hall–Kier alpha value is -1.92. The quantitative estimate of drug-likeness (QED) is 0.840.